The first-order valence-electron chi connectivity index (χ1n) is 8.97. The topological polar surface area (TPSA) is 87.0 Å². The summed E-state index contributed by atoms with van der Waals surface area (Å²) in [7, 11) is 3.08. The average Bonchev–Trinajstić information content (AvgIpc) is 2.67. The van der Waals surface area contributed by atoms with Crippen LogP contribution < -0.4 is 9.47 Å². The van der Waals surface area contributed by atoms with Crippen molar-refractivity contribution in [2.24, 2.45) is 5.41 Å². The number of aryl methyl sites for hydroxylation is 1. The summed E-state index contributed by atoms with van der Waals surface area (Å²) in [5.41, 5.74) is -0.0539. The Kier molecular flexibility index (Phi) is 9.06. The standard InChI is InChI=1S/C20H29NO6/c1-7-25-18(22)20(13-21,19(26-8-2)27-9-3)12-15-11-17(24-6)16(23-5)10-14(15)4/h10-11,19H,7-9,12H2,1-6H3. The van der Waals surface area contributed by atoms with Crippen LogP contribution in [0.2, 0.25) is 0 Å². The molecule has 0 heterocycles. The Balaban J connectivity index is 3.48. The number of esters is 1. The molecule has 1 unspecified atom stereocenters. The van der Waals surface area contributed by atoms with Gasteiger partial charge in [0.1, 0.15) is 0 Å². The van der Waals surface area contributed by atoms with Crippen molar-refractivity contribution in [1.82, 2.24) is 0 Å². The van der Waals surface area contributed by atoms with Gasteiger partial charge >= 0.3 is 5.97 Å². The van der Waals surface area contributed by atoms with Gasteiger partial charge in [0, 0.05) is 19.6 Å². The molecule has 1 rings (SSSR count). The molecule has 7 nitrogen and oxygen atoms in total. The largest absolute Gasteiger partial charge is 0.493 e. The second-order valence-electron chi connectivity index (χ2n) is 5.86. The average molecular weight is 379 g/mol. The zero-order chi connectivity index (χ0) is 20.4. The lowest BCUT2D eigenvalue weighted by molar-refractivity contribution is -0.205. The first-order valence-corrected chi connectivity index (χ1v) is 8.97. The predicted octanol–water partition coefficient (Wildman–Crippen LogP) is 3.03. The van der Waals surface area contributed by atoms with Crippen LogP contribution in [0.3, 0.4) is 0 Å². The minimum absolute atomic E-state index is 0.0547. The normalized spacial score (nSPS) is 13.0. The van der Waals surface area contributed by atoms with Gasteiger partial charge < -0.3 is 23.7 Å². The van der Waals surface area contributed by atoms with Crippen LogP contribution >= 0.6 is 0 Å². The number of nitriles is 1. The zero-order valence-corrected chi connectivity index (χ0v) is 17.0. The van der Waals surface area contributed by atoms with Crippen LogP contribution in [0, 0.1) is 23.7 Å². The molecule has 0 aliphatic carbocycles. The maximum Gasteiger partial charge on any atom is 0.332 e. The van der Waals surface area contributed by atoms with Crippen LogP contribution in [-0.2, 0) is 25.4 Å². The Morgan fingerprint density at radius 2 is 1.63 bits per heavy atom. The molecule has 0 amide bonds. The molecule has 7 heteroatoms. The van der Waals surface area contributed by atoms with Gasteiger partial charge in [0.25, 0.3) is 0 Å². The molecule has 0 N–H and O–H groups in total. The predicted molar refractivity (Wildman–Crippen MR) is 99.7 cm³/mol. The van der Waals surface area contributed by atoms with E-state index >= 15 is 0 Å². The molecule has 1 aromatic carbocycles. The summed E-state index contributed by atoms with van der Waals surface area (Å²) < 4.78 is 27.1. The Morgan fingerprint density at radius 1 is 1.07 bits per heavy atom. The second kappa shape index (κ2) is 10.8. The second-order valence-corrected chi connectivity index (χ2v) is 5.86. The van der Waals surface area contributed by atoms with Crippen molar-refractivity contribution in [3.63, 3.8) is 0 Å². The van der Waals surface area contributed by atoms with Gasteiger partial charge in [-0.3, -0.25) is 4.79 Å². The molecular formula is C20H29NO6. The van der Waals surface area contributed by atoms with Gasteiger partial charge in [0.05, 0.1) is 26.9 Å². The van der Waals surface area contributed by atoms with Crippen molar-refractivity contribution in [1.29, 1.82) is 5.26 Å². The van der Waals surface area contributed by atoms with Crippen molar-refractivity contribution in [3.8, 4) is 17.6 Å². The fraction of sp³-hybridized carbons (Fsp3) is 0.600. The van der Waals surface area contributed by atoms with E-state index in [1.54, 1.807) is 40.0 Å². The maximum atomic E-state index is 12.8. The molecule has 0 saturated heterocycles. The highest BCUT2D eigenvalue weighted by Gasteiger charge is 2.50. The number of hydrogen-bond acceptors (Lipinski definition) is 7. The Morgan fingerprint density at radius 3 is 2.07 bits per heavy atom. The lowest BCUT2D eigenvalue weighted by atomic mass is 9.80. The molecule has 1 atom stereocenters. The third-order valence-electron chi connectivity index (χ3n) is 4.19. The first kappa shape index (κ1) is 22.7. The fourth-order valence-electron chi connectivity index (χ4n) is 2.80. The number of hydrogen-bond donors (Lipinski definition) is 0. The number of benzene rings is 1. The molecule has 150 valence electrons. The SMILES string of the molecule is CCOC(=O)C(C#N)(Cc1cc(OC)c(OC)cc1C)C(OCC)OCC. The molecule has 0 saturated carbocycles. The fourth-order valence-corrected chi connectivity index (χ4v) is 2.80. The van der Waals surface area contributed by atoms with Crippen LogP contribution in [0.15, 0.2) is 12.1 Å². The van der Waals surface area contributed by atoms with Crippen molar-refractivity contribution in [2.45, 2.75) is 40.4 Å². The van der Waals surface area contributed by atoms with E-state index in [1.165, 1.54) is 7.11 Å². The zero-order valence-electron chi connectivity index (χ0n) is 17.0. The molecule has 0 aliphatic rings. The summed E-state index contributed by atoms with van der Waals surface area (Å²) in [6.07, 6.45) is -0.997. The number of nitrogens with zero attached hydrogens (tertiary/aromatic N) is 1. The minimum Gasteiger partial charge on any atom is -0.493 e. The Hall–Kier alpha value is -2.30. The lowest BCUT2D eigenvalue weighted by Gasteiger charge is -2.32. The first-order chi connectivity index (χ1) is 12.9. The lowest BCUT2D eigenvalue weighted by Crippen LogP contribution is -2.47. The monoisotopic (exact) mass is 379 g/mol. The highest BCUT2D eigenvalue weighted by atomic mass is 16.7. The van der Waals surface area contributed by atoms with Crippen LogP contribution in [-0.4, -0.2) is 46.3 Å². The van der Waals surface area contributed by atoms with E-state index in [4.69, 9.17) is 23.7 Å². The molecular weight excluding hydrogens is 350 g/mol. The summed E-state index contributed by atoms with van der Waals surface area (Å²) in [5.74, 6) is 0.412. The summed E-state index contributed by atoms with van der Waals surface area (Å²) in [5, 5.41) is 10.0. The van der Waals surface area contributed by atoms with Crippen molar-refractivity contribution < 1.29 is 28.5 Å². The molecule has 0 fully saturated rings. The van der Waals surface area contributed by atoms with Crippen LogP contribution in [0.25, 0.3) is 0 Å². The summed E-state index contributed by atoms with van der Waals surface area (Å²) in [6, 6.07) is 5.68. The van der Waals surface area contributed by atoms with E-state index in [0.29, 0.717) is 24.7 Å². The molecule has 0 aliphatic heterocycles. The van der Waals surface area contributed by atoms with E-state index in [9.17, 15) is 10.1 Å². The van der Waals surface area contributed by atoms with Gasteiger partial charge in [-0.05, 0) is 51.0 Å². The van der Waals surface area contributed by atoms with E-state index in [1.807, 2.05) is 6.92 Å². The number of carbonyl (C=O) groups excluding carboxylic acids is 1. The van der Waals surface area contributed by atoms with E-state index in [0.717, 1.165) is 11.1 Å². The van der Waals surface area contributed by atoms with Crippen molar-refractivity contribution in [3.05, 3.63) is 23.3 Å². The minimum atomic E-state index is -1.65. The maximum absolute atomic E-state index is 12.8. The molecule has 0 bridgehead atoms. The van der Waals surface area contributed by atoms with Gasteiger partial charge in [-0.1, -0.05) is 0 Å². The van der Waals surface area contributed by atoms with E-state index in [2.05, 4.69) is 6.07 Å². The van der Waals surface area contributed by atoms with Crippen molar-refractivity contribution >= 4 is 5.97 Å². The van der Waals surface area contributed by atoms with Crippen LogP contribution in [0.1, 0.15) is 31.9 Å². The van der Waals surface area contributed by atoms with Crippen molar-refractivity contribution in [2.75, 3.05) is 34.0 Å². The highest BCUT2D eigenvalue weighted by Crippen LogP contribution is 2.37. The number of rotatable bonds is 11. The van der Waals surface area contributed by atoms with Gasteiger partial charge in [-0.2, -0.15) is 5.26 Å². The number of ether oxygens (including phenoxy) is 5. The number of methoxy groups -OCH3 is 2. The van der Waals surface area contributed by atoms with E-state index in [-0.39, 0.29) is 13.0 Å². The summed E-state index contributed by atoms with van der Waals surface area (Å²) in [4.78, 5) is 12.8. The molecule has 1 aromatic rings. The van der Waals surface area contributed by atoms with Crippen LogP contribution in [0.4, 0.5) is 0 Å². The van der Waals surface area contributed by atoms with Crippen LogP contribution in [0.5, 0.6) is 11.5 Å². The van der Waals surface area contributed by atoms with Gasteiger partial charge in [-0.15, -0.1) is 0 Å². The third-order valence-corrected chi connectivity index (χ3v) is 4.19. The Labute approximate surface area is 161 Å². The van der Waals surface area contributed by atoms with Gasteiger partial charge in [0.15, 0.2) is 17.8 Å². The quantitative estimate of drug-likeness (QED) is 0.431. The highest BCUT2D eigenvalue weighted by molar-refractivity contribution is 5.81. The molecule has 0 radical (unpaired) electrons. The number of carbonyl (C=O) groups is 1. The van der Waals surface area contributed by atoms with E-state index < -0.39 is 17.7 Å². The third kappa shape index (κ3) is 5.12. The summed E-state index contributed by atoms with van der Waals surface area (Å²) in [6.45, 7) is 7.86. The van der Waals surface area contributed by atoms with Gasteiger partial charge in [-0.25, -0.2) is 0 Å². The smallest absolute Gasteiger partial charge is 0.332 e. The Bertz CT molecular complexity index is 663. The molecule has 27 heavy (non-hydrogen) atoms. The molecule has 0 spiro atoms. The molecule has 0 aromatic heterocycles. The van der Waals surface area contributed by atoms with Gasteiger partial charge in [0.2, 0.25) is 5.41 Å². The summed E-state index contributed by atoms with van der Waals surface area (Å²) >= 11 is 0.